The van der Waals surface area contributed by atoms with Crippen LogP contribution in [0.5, 0.6) is 11.5 Å². The third kappa shape index (κ3) is 3.23. The SMILES string of the molecule is COc1cc(C)c(Br)c(CC2CCCNC2)c1OC. The molecule has 4 heteroatoms. The number of ether oxygens (including phenoxy) is 2. The van der Waals surface area contributed by atoms with Gasteiger partial charge in [0, 0.05) is 10.0 Å². The molecule has 0 spiro atoms. The van der Waals surface area contributed by atoms with Crippen molar-refractivity contribution >= 4 is 15.9 Å². The number of nitrogens with one attached hydrogen (secondary N) is 1. The van der Waals surface area contributed by atoms with Gasteiger partial charge in [-0.1, -0.05) is 15.9 Å². The number of methoxy groups -OCH3 is 2. The maximum absolute atomic E-state index is 5.57. The number of hydrogen-bond donors (Lipinski definition) is 1. The highest BCUT2D eigenvalue weighted by atomic mass is 79.9. The molecule has 106 valence electrons. The summed E-state index contributed by atoms with van der Waals surface area (Å²) in [6.45, 7) is 4.33. The summed E-state index contributed by atoms with van der Waals surface area (Å²) in [6.07, 6.45) is 3.56. The molecule has 1 aromatic carbocycles. The number of rotatable bonds is 4. The molecule has 1 fully saturated rings. The molecule has 1 unspecified atom stereocenters. The molecule has 0 aliphatic carbocycles. The lowest BCUT2D eigenvalue weighted by Gasteiger charge is -2.25. The number of piperidine rings is 1. The van der Waals surface area contributed by atoms with Gasteiger partial charge in [0.2, 0.25) is 0 Å². The molecule has 1 aromatic rings. The first-order valence-corrected chi connectivity index (χ1v) is 7.57. The second-order valence-corrected chi connectivity index (χ2v) is 5.93. The lowest BCUT2D eigenvalue weighted by atomic mass is 9.91. The number of aryl methyl sites for hydroxylation is 1. The van der Waals surface area contributed by atoms with Crippen molar-refractivity contribution in [2.24, 2.45) is 5.92 Å². The standard InChI is InChI=1S/C15H22BrNO2/c1-10-7-13(18-2)15(19-3)12(14(10)16)8-11-5-4-6-17-9-11/h7,11,17H,4-6,8-9H2,1-3H3. The van der Waals surface area contributed by atoms with Gasteiger partial charge < -0.3 is 14.8 Å². The number of hydrogen-bond acceptors (Lipinski definition) is 3. The molecule has 3 nitrogen and oxygen atoms in total. The Morgan fingerprint density at radius 3 is 2.74 bits per heavy atom. The second kappa shape index (κ2) is 6.62. The highest BCUT2D eigenvalue weighted by Crippen LogP contribution is 2.40. The lowest BCUT2D eigenvalue weighted by molar-refractivity contribution is 0.339. The van der Waals surface area contributed by atoms with E-state index in [1.807, 2.05) is 6.07 Å². The number of benzene rings is 1. The molecule has 0 saturated carbocycles. The summed E-state index contributed by atoms with van der Waals surface area (Å²) < 4.78 is 12.2. The Kier molecular flexibility index (Phi) is 5.11. The summed E-state index contributed by atoms with van der Waals surface area (Å²) in [5, 5.41) is 3.47. The van der Waals surface area contributed by atoms with Gasteiger partial charge >= 0.3 is 0 Å². The van der Waals surface area contributed by atoms with Crippen LogP contribution >= 0.6 is 15.9 Å². The van der Waals surface area contributed by atoms with E-state index in [2.05, 4.69) is 28.2 Å². The fraction of sp³-hybridized carbons (Fsp3) is 0.600. The minimum absolute atomic E-state index is 0.672. The highest BCUT2D eigenvalue weighted by Gasteiger charge is 2.21. The summed E-state index contributed by atoms with van der Waals surface area (Å²) in [7, 11) is 3.40. The zero-order valence-electron chi connectivity index (χ0n) is 11.9. The summed E-state index contributed by atoms with van der Waals surface area (Å²) >= 11 is 3.71. The second-order valence-electron chi connectivity index (χ2n) is 5.14. The van der Waals surface area contributed by atoms with E-state index in [0.29, 0.717) is 5.92 Å². The monoisotopic (exact) mass is 327 g/mol. The van der Waals surface area contributed by atoms with Crippen molar-refractivity contribution in [2.45, 2.75) is 26.2 Å². The van der Waals surface area contributed by atoms with Gasteiger partial charge in [-0.25, -0.2) is 0 Å². The van der Waals surface area contributed by atoms with Crippen LogP contribution in [0.2, 0.25) is 0 Å². The average Bonchev–Trinajstić information content (AvgIpc) is 2.44. The Morgan fingerprint density at radius 1 is 1.37 bits per heavy atom. The number of halogens is 1. The van der Waals surface area contributed by atoms with E-state index in [0.717, 1.165) is 35.5 Å². The van der Waals surface area contributed by atoms with Crippen molar-refractivity contribution in [1.82, 2.24) is 5.32 Å². The molecule has 0 amide bonds. The van der Waals surface area contributed by atoms with Crippen LogP contribution in [-0.2, 0) is 6.42 Å². The highest BCUT2D eigenvalue weighted by molar-refractivity contribution is 9.10. The molecule has 1 N–H and O–H groups in total. The van der Waals surface area contributed by atoms with Crippen molar-refractivity contribution in [3.8, 4) is 11.5 Å². The largest absolute Gasteiger partial charge is 0.493 e. The molecule has 0 bridgehead atoms. The fourth-order valence-electron chi connectivity index (χ4n) is 2.76. The van der Waals surface area contributed by atoms with Crippen molar-refractivity contribution in [2.75, 3.05) is 27.3 Å². The lowest BCUT2D eigenvalue weighted by Crippen LogP contribution is -2.31. The van der Waals surface area contributed by atoms with Gasteiger partial charge in [-0.2, -0.15) is 0 Å². The maximum atomic E-state index is 5.57. The van der Waals surface area contributed by atoms with Gasteiger partial charge in [0.15, 0.2) is 11.5 Å². The van der Waals surface area contributed by atoms with Gasteiger partial charge in [0.25, 0.3) is 0 Å². The predicted molar refractivity (Wildman–Crippen MR) is 81.3 cm³/mol. The average molecular weight is 328 g/mol. The summed E-state index contributed by atoms with van der Waals surface area (Å²) in [5.41, 5.74) is 2.42. The van der Waals surface area contributed by atoms with Crippen molar-refractivity contribution in [3.63, 3.8) is 0 Å². The van der Waals surface area contributed by atoms with E-state index in [4.69, 9.17) is 9.47 Å². The maximum Gasteiger partial charge on any atom is 0.165 e. The molecule has 1 aliphatic rings. The van der Waals surface area contributed by atoms with Gasteiger partial charge in [0.05, 0.1) is 14.2 Å². The Bertz CT molecular complexity index is 442. The van der Waals surface area contributed by atoms with Crippen molar-refractivity contribution in [1.29, 1.82) is 0 Å². The van der Waals surface area contributed by atoms with E-state index in [9.17, 15) is 0 Å². The first kappa shape index (κ1) is 14.7. The Morgan fingerprint density at radius 2 is 2.16 bits per heavy atom. The van der Waals surface area contributed by atoms with Crippen LogP contribution in [0.25, 0.3) is 0 Å². The molecule has 0 aromatic heterocycles. The predicted octanol–water partition coefficient (Wildman–Crippen LogP) is 3.32. The van der Waals surface area contributed by atoms with Gasteiger partial charge in [-0.15, -0.1) is 0 Å². The quantitative estimate of drug-likeness (QED) is 0.920. The zero-order chi connectivity index (χ0) is 13.8. The van der Waals surface area contributed by atoms with Crippen LogP contribution in [0.1, 0.15) is 24.0 Å². The van der Waals surface area contributed by atoms with Crippen LogP contribution in [0.15, 0.2) is 10.5 Å². The van der Waals surface area contributed by atoms with E-state index in [1.54, 1.807) is 14.2 Å². The van der Waals surface area contributed by atoms with E-state index < -0.39 is 0 Å². The summed E-state index contributed by atoms with van der Waals surface area (Å²) in [6, 6.07) is 2.02. The van der Waals surface area contributed by atoms with Crippen LogP contribution in [-0.4, -0.2) is 27.3 Å². The molecule has 1 saturated heterocycles. The Balaban J connectivity index is 2.33. The van der Waals surface area contributed by atoms with Crippen LogP contribution in [0.4, 0.5) is 0 Å². The fourth-order valence-corrected chi connectivity index (χ4v) is 3.21. The van der Waals surface area contributed by atoms with Crippen LogP contribution < -0.4 is 14.8 Å². The topological polar surface area (TPSA) is 30.5 Å². The van der Waals surface area contributed by atoms with E-state index in [1.165, 1.54) is 24.0 Å². The van der Waals surface area contributed by atoms with Crippen LogP contribution in [0, 0.1) is 12.8 Å². The molecule has 0 radical (unpaired) electrons. The molecular formula is C15H22BrNO2. The molecule has 1 heterocycles. The van der Waals surface area contributed by atoms with Crippen LogP contribution in [0.3, 0.4) is 0 Å². The first-order chi connectivity index (χ1) is 9.17. The Hall–Kier alpha value is -0.740. The van der Waals surface area contributed by atoms with Crippen molar-refractivity contribution in [3.05, 3.63) is 21.7 Å². The third-order valence-corrected chi connectivity index (χ3v) is 4.88. The smallest absolute Gasteiger partial charge is 0.165 e. The minimum atomic E-state index is 0.672. The summed E-state index contributed by atoms with van der Waals surface area (Å²) in [4.78, 5) is 0. The Labute approximate surface area is 123 Å². The first-order valence-electron chi connectivity index (χ1n) is 6.78. The normalized spacial score (nSPS) is 19.3. The molecular weight excluding hydrogens is 306 g/mol. The van der Waals surface area contributed by atoms with Gasteiger partial charge in [-0.3, -0.25) is 0 Å². The third-order valence-electron chi connectivity index (χ3n) is 3.77. The minimum Gasteiger partial charge on any atom is -0.493 e. The zero-order valence-corrected chi connectivity index (χ0v) is 13.5. The summed E-state index contributed by atoms with van der Waals surface area (Å²) in [5.74, 6) is 2.36. The van der Waals surface area contributed by atoms with Gasteiger partial charge in [-0.05, 0) is 56.8 Å². The molecule has 1 aliphatic heterocycles. The van der Waals surface area contributed by atoms with E-state index in [-0.39, 0.29) is 0 Å². The molecule has 19 heavy (non-hydrogen) atoms. The van der Waals surface area contributed by atoms with Gasteiger partial charge in [0.1, 0.15) is 0 Å². The molecule has 2 rings (SSSR count). The molecule has 1 atom stereocenters. The van der Waals surface area contributed by atoms with E-state index >= 15 is 0 Å². The van der Waals surface area contributed by atoms with Crippen molar-refractivity contribution < 1.29 is 9.47 Å².